The van der Waals surface area contributed by atoms with Crippen LogP contribution < -0.4 is 10.5 Å². The van der Waals surface area contributed by atoms with Crippen molar-refractivity contribution in [1.82, 2.24) is 9.55 Å². The third kappa shape index (κ3) is 3.32. The number of hydrogen-bond donors (Lipinski definition) is 1. The lowest BCUT2D eigenvalue weighted by atomic mass is 10.2. The van der Waals surface area contributed by atoms with Crippen molar-refractivity contribution >= 4 is 0 Å². The monoisotopic (exact) mass is 231 g/mol. The van der Waals surface area contributed by atoms with Crippen LogP contribution in [0.4, 0.5) is 0 Å². The van der Waals surface area contributed by atoms with Crippen molar-refractivity contribution in [3.8, 4) is 5.75 Å². The van der Waals surface area contributed by atoms with Gasteiger partial charge in [-0.3, -0.25) is 0 Å². The summed E-state index contributed by atoms with van der Waals surface area (Å²) in [5.74, 6) is 0.864. The van der Waals surface area contributed by atoms with Crippen LogP contribution in [0.5, 0.6) is 5.75 Å². The fourth-order valence-electron chi connectivity index (χ4n) is 1.66. The molecular weight excluding hydrogens is 214 g/mol. The van der Waals surface area contributed by atoms with Crippen LogP contribution >= 0.6 is 0 Å². The van der Waals surface area contributed by atoms with Crippen LogP contribution in [0.1, 0.15) is 19.1 Å². The predicted molar refractivity (Wildman–Crippen MR) is 66.6 cm³/mol. The largest absolute Gasteiger partial charge is 0.470 e. The molecule has 0 aliphatic carbocycles. The Morgan fingerprint density at radius 3 is 2.76 bits per heavy atom. The van der Waals surface area contributed by atoms with Gasteiger partial charge in [-0.2, -0.15) is 0 Å². The summed E-state index contributed by atoms with van der Waals surface area (Å²) in [7, 11) is 0. The number of nitrogens with two attached hydrogens (primary N) is 1. The summed E-state index contributed by atoms with van der Waals surface area (Å²) in [4.78, 5) is 4.04. The molecule has 2 rings (SSSR count). The van der Waals surface area contributed by atoms with Crippen molar-refractivity contribution in [3.63, 3.8) is 0 Å². The van der Waals surface area contributed by atoms with E-state index in [9.17, 15) is 0 Å². The Hall–Kier alpha value is -1.81. The Bertz CT molecular complexity index is 413. The zero-order valence-electron chi connectivity index (χ0n) is 9.70. The number of para-hydroxylation sites is 1. The Morgan fingerprint density at radius 1 is 1.29 bits per heavy atom. The van der Waals surface area contributed by atoms with Gasteiger partial charge in [-0.1, -0.05) is 18.2 Å². The maximum Gasteiger partial charge on any atom is 0.176 e. The first kappa shape index (κ1) is 11.7. The molecule has 1 aromatic carbocycles. The molecule has 0 bridgehead atoms. The highest BCUT2D eigenvalue weighted by atomic mass is 16.5. The highest BCUT2D eigenvalue weighted by molar-refractivity contribution is 5.21. The number of aromatic nitrogens is 2. The van der Waals surface area contributed by atoms with Gasteiger partial charge in [0.2, 0.25) is 0 Å². The summed E-state index contributed by atoms with van der Waals surface area (Å²) in [6, 6.07) is 9.80. The quantitative estimate of drug-likeness (QED) is 0.829. The van der Waals surface area contributed by atoms with Crippen LogP contribution in [0.15, 0.2) is 49.1 Å². The lowest BCUT2D eigenvalue weighted by Gasteiger charge is -2.20. The second kappa shape index (κ2) is 6.06. The fraction of sp³-hybridized carbons (Fsp3) is 0.308. The summed E-state index contributed by atoms with van der Waals surface area (Å²) in [6.45, 7) is 0.670. The molecule has 1 aromatic heterocycles. The summed E-state index contributed by atoms with van der Waals surface area (Å²) >= 11 is 0. The van der Waals surface area contributed by atoms with Crippen molar-refractivity contribution < 1.29 is 4.74 Å². The summed E-state index contributed by atoms with van der Waals surface area (Å²) < 4.78 is 7.89. The van der Waals surface area contributed by atoms with Gasteiger partial charge in [0.15, 0.2) is 6.23 Å². The van der Waals surface area contributed by atoms with Gasteiger partial charge in [-0.15, -0.1) is 0 Å². The van der Waals surface area contributed by atoms with Gasteiger partial charge in [0.1, 0.15) is 5.75 Å². The van der Waals surface area contributed by atoms with E-state index in [-0.39, 0.29) is 6.23 Å². The molecule has 0 aliphatic heterocycles. The van der Waals surface area contributed by atoms with E-state index in [4.69, 9.17) is 10.5 Å². The highest BCUT2D eigenvalue weighted by Gasteiger charge is 2.11. The summed E-state index contributed by atoms with van der Waals surface area (Å²) in [5.41, 5.74) is 5.54. The van der Waals surface area contributed by atoms with Crippen molar-refractivity contribution in [2.75, 3.05) is 6.54 Å². The van der Waals surface area contributed by atoms with E-state index in [2.05, 4.69) is 4.98 Å². The average Bonchev–Trinajstić information content (AvgIpc) is 2.89. The lowest BCUT2D eigenvalue weighted by Crippen LogP contribution is -2.16. The summed E-state index contributed by atoms with van der Waals surface area (Å²) in [6.07, 6.45) is 7.19. The van der Waals surface area contributed by atoms with Crippen LogP contribution in [0, 0.1) is 0 Å². The van der Waals surface area contributed by atoms with Gasteiger partial charge in [0.25, 0.3) is 0 Å². The average molecular weight is 231 g/mol. The third-order valence-electron chi connectivity index (χ3n) is 2.53. The molecule has 0 fully saturated rings. The molecule has 0 saturated heterocycles. The normalized spacial score (nSPS) is 12.3. The molecule has 1 heterocycles. The molecule has 0 saturated carbocycles. The summed E-state index contributed by atoms with van der Waals surface area (Å²) in [5, 5.41) is 0. The predicted octanol–water partition coefficient (Wildman–Crippen LogP) is 2.20. The van der Waals surface area contributed by atoms with Crippen molar-refractivity contribution in [2.24, 2.45) is 5.73 Å². The molecule has 4 heteroatoms. The molecule has 0 spiro atoms. The van der Waals surface area contributed by atoms with Crippen LogP contribution in [0.2, 0.25) is 0 Å². The molecule has 2 aromatic rings. The number of nitrogens with zero attached hydrogens (tertiary/aromatic N) is 2. The Kier molecular flexibility index (Phi) is 4.16. The van der Waals surface area contributed by atoms with Crippen molar-refractivity contribution in [2.45, 2.75) is 19.1 Å². The zero-order valence-corrected chi connectivity index (χ0v) is 9.70. The molecular formula is C13H17N3O. The Labute approximate surface area is 101 Å². The molecule has 1 atom stereocenters. The highest BCUT2D eigenvalue weighted by Crippen LogP contribution is 2.20. The van der Waals surface area contributed by atoms with E-state index >= 15 is 0 Å². The van der Waals surface area contributed by atoms with E-state index in [0.29, 0.717) is 6.54 Å². The van der Waals surface area contributed by atoms with E-state index < -0.39 is 0 Å². The first-order chi connectivity index (χ1) is 8.40. The molecule has 0 radical (unpaired) electrons. The van der Waals surface area contributed by atoms with E-state index in [1.165, 1.54) is 0 Å². The number of hydrogen-bond acceptors (Lipinski definition) is 3. The minimum absolute atomic E-state index is 0.0385. The lowest BCUT2D eigenvalue weighted by molar-refractivity contribution is 0.120. The van der Waals surface area contributed by atoms with Gasteiger partial charge < -0.3 is 15.0 Å². The number of rotatable bonds is 6. The molecule has 1 unspecified atom stereocenters. The van der Waals surface area contributed by atoms with Crippen LogP contribution in [-0.4, -0.2) is 16.1 Å². The van der Waals surface area contributed by atoms with Gasteiger partial charge in [0.05, 0.1) is 6.33 Å². The smallest absolute Gasteiger partial charge is 0.176 e. The number of benzene rings is 1. The van der Waals surface area contributed by atoms with Gasteiger partial charge in [0, 0.05) is 18.8 Å². The zero-order chi connectivity index (χ0) is 11.9. The van der Waals surface area contributed by atoms with Crippen molar-refractivity contribution in [3.05, 3.63) is 49.1 Å². The maximum absolute atomic E-state index is 5.93. The van der Waals surface area contributed by atoms with E-state index in [1.807, 2.05) is 41.1 Å². The minimum Gasteiger partial charge on any atom is -0.470 e. The molecule has 4 nitrogen and oxygen atoms in total. The first-order valence-electron chi connectivity index (χ1n) is 5.79. The maximum atomic E-state index is 5.93. The molecule has 0 amide bonds. The van der Waals surface area contributed by atoms with E-state index in [0.717, 1.165) is 18.6 Å². The standard InChI is InChI=1S/C13H17N3O/c14-8-4-7-13(16-10-9-15-11-16)17-12-5-2-1-3-6-12/h1-3,5-6,9-11,13H,4,7-8,14H2. The number of imidazole rings is 1. The second-order valence-electron chi connectivity index (χ2n) is 3.83. The molecule has 90 valence electrons. The first-order valence-corrected chi connectivity index (χ1v) is 5.79. The second-order valence-corrected chi connectivity index (χ2v) is 3.83. The van der Waals surface area contributed by atoms with Crippen molar-refractivity contribution in [1.29, 1.82) is 0 Å². The molecule has 2 N–H and O–H groups in total. The van der Waals surface area contributed by atoms with Gasteiger partial charge in [-0.25, -0.2) is 4.98 Å². The van der Waals surface area contributed by atoms with Gasteiger partial charge in [-0.05, 0) is 25.1 Å². The van der Waals surface area contributed by atoms with Crippen LogP contribution in [0.3, 0.4) is 0 Å². The molecule has 17 heavy (non-hydrogen) atoms. The molecule has 0 aliphatic rings. The third-order valence-corrected chi connectivity index (χ3v) is 2.53. The Balaban J connectivity index is 2.06. The number of ether oxygens (including phenoxy) is 1. The fourth-order valence-corrected chi connectivity index (χ4v) is 1.66. The van der Waals surface area contributed by atoms with Crippen LogP contribution in [0.25, 0.3) is 0 Å². The topological polar surface area (TPSA) is 53.1 Å². The van der Waals surface area contributed by atoms with Gasteiger partial charge >= 0.3 is 0 Å². The van der Waals surface area contributed by atoms with Crippen LogP contribution in [-0.2, 0) is 0 Å². The Morgan fingerprint density at radius 2 is 2.12 bits per heavy atom. The minimum atomic E-state index is -0.0385. The van der Waals surface area contributed by atoms with E-state index in [1.54, 1.807) is 12.5 Å². The SMILES string of the molecule is NCCCC(Oc1ccccc1)n1ccnc1.